The maximum atomic E-state index is 3.36. The maximum absolute atomic E-state index is 3.36. The van der Waals surface area contributed by atoms with Crippen molar-refractivity contribution in [1.29, 1.82) is 0 Å². The predicted molar refractivity (Wildman–Crippen MR) is 236 cm³/mol. The first-order valence-electron chi connectivity index (χ1n) is 19.6. The van der Waals surface area contributed by atoms with Gasteiger partial charge in [0.2, 0.25) is 0 Å². The van der Waals surface area contributed by atoms with Gasteiger partial charge in [-0.1, -0.05) is 38.3 Å². The van der Waals surface area contributed by atoms with Crippen LogP contribution in [-0.2, 0) is 0 Å². The van der Waals surface area contributed by atoms with Crippen LogP contribution in [0.2, 0.25) is 0 Å². The molecule has 0 aliphatic heterocycles. The number of hydrogen-bond acceptors (Lipinski definition) is 0. The molecule has 7 unspecified atom stereocenters. The van der Waals surface area contributed by atoms with Gasteiger partial charge < -0.3 is 0 Å². The van der Waals surface area contributed by atoms with Crippen molar-refractivity contribution in [2.75, 3.05) is 0 Å². The Bertz CT molecular complexity index is 3190. The summed E-state index contributed by atoms with van der Waals surface area (Å²) in [7, 11) is 0. The van der Waals surface area contributed by atoms with E-state index in [1.807, 2.05) is 0 Å². The summed E-state index contributed by atoms with van der Waals surface area (Å²) < 4.78 is 0. The fraction of sp³-hybridized carbons (Fsp3) is 0.333. The Balaban J connectivity index is 1.60. The molecule has 0 N–H and O–H groups in total. The molecule has 4 aliphatic carbocycles. The summed E-state index contributed by atoms with van der Waals surface area (Å²) in [5.74, 6) is 57.0. The van der Waals surface area contributed by atoms with Crippen LogP contribution in [0.4, 0.5) is 0 Å². The molecule has 0 aromatic carbocycles. The maximum Gasteiger partial charge on any atom is 0.0575 e. The van der Waals surface area contributed by atoms with Gasteiger partial charge in [-0.15, -0.1) is 0 Å². The SMILES string of the molecule is C=C=C=C=C=C=C=C=C=C=C=C=C=C=C=C=C=C=C=C(C#CC#CC#CC#CC#CC#CC#CC#CC#CC#CC)C1CCC2C3CCC4CCCCC4(C)C3CCC12C. The van der Waals surface area contributed by atoms with E-state index in [9.17, 15) is 0 Å². The summed E-state index contributed by atoms with van der Waals surface area (Å²) in [6.45, 7) is 10.2. The van der Waals surface area contributed by atoms with Crippen LogP contribution in [0.5, 0.6) is 0 Å². The van der Waals surface area contributed by atoms with Crippen molar-refractivity contribution in [3.05, 3.63) is 115 Å². The van der Waals surface area contributed by atoms with E-state index in [1.54, 1.807) is 6.92 Å². The van der Waals surface area contributed by atoms with Gasteiger partial charge in [0, 0.05) is 17.8 Å². The van der Waals surface area contributed by atoms with Gasteiger partial charge in [-0.2, -0.15) is 0 Å². The molecule has 0 aromatic rings. The smallest absolute Gasteiger partial charge is 0.0575 e. The Labute approximate surface area is 357 Å². The second kappa shape index (κ2) is 25.5. The molecule has 0 radical (unpaired) electrons. The third-order valence-electron chi connectivity index (χ3n) is 11.5. The average molecular weight is 757 g/mol. The molecule has 4 rings (SSSR count). The largest absolute Gasteiger partial charge is 0.0925 e. The van der Waals surface area contributed by atoms with Crippen LogP contribution in [0.15, 0.2) is 115 Å². The Morgan fingerprint density at radius 1 is 0.417 bits per heavy atom. The average Bonchev–Trinajstić information content (AvgIpc) is 3.61. The van der Waals surface area contributed by atoms with Gasteiger partial charge in [-0.05, 0) is 297 Å². The molecule has 0 heteroatoms. The lowest BCUT2D eigenvalue weighted by Gasteiger charge is -2.60. The lowest BCUT2D eigenvalue weighted by atomic mass is 9.44. The minimum atomic E-state index is 0.141. The molecule has 60 heavy (non-hydrogen) atoms. The second-order valence-electron chi connectivity index (χ2n) is 14.4. The van der Waals surface area contributed by atoms with E-state index in [0.717, 1.165) is 29.7 Å². The first-order valence-corrected chi connectivity index (χ1v) is 19.6. The highest BCUT2D eigenvalue weighted by molar-refractivity contribution is 5.48. The molecule has 0 bridgehead atoms. The van der Waals surface area contributed by atoms with Crippen LogP contribution < -0.4 is 0 Å². The summed E-state index contributed by atoms with van der Waals surface area (Å²) in [6.07, 6.45) is 13.1. The Morgan fingerprint density at radius 3 is 1.37 bits per heavy atom. The van der Waals surface area contributed by atoms with Gasteiger partial charge in [-0.25, -0.2) is 0 Å². The monoisotopic (exact) mass is 756 g/mol. The highest BCUT2D eigenvalue weighted by Crippen LogP contribution is 2.68. The summed E-state index contributed by atoms with van der Waals surface area (Å²) in [5, 5.41) is 0. The number of fused-ring (bicyclic) bond motifs is 5. The highest BCUT2D eigenvalue weighted by atomic mass is 14.6. The van der Waals surface area contributed by atoms with E-state index in [0.29, 0.717) is 11.3 Å². The quantitative estimate of drug-likeness (QED) is 0.185. The molecule has 276 valence electrons. The summed E-state index contributed by atoms with van der Waals surface area (Å²) in [5.41, 5.74) is 49.5. The highest BCUT2D eigenvalue weighted by Gasteiger charge is 2.60. The molecule has 4 aliphatic rings. The van der Waals surface area contributed by atoms with Gasteiger partial charge in [-0.3, -0.25) is 0 Å². The summed E-state index contributed by atoms with van der Waals surface area (Å²) >= 11 is 0. The van der Waals surface area contributed by atoms with Crippen LogP contribution in [0.25, 0.3) is 0 Å². The van der Waals surface area contributed by atoms with Gasteiger partial charge in [0.1, 0.15) is 0 Å². The summed E-state index contributed by atoms with van der Waals surface area (Å²) in [4.78, 5) is 0. The topological polar surface area (TPSA) is 0 Å². The Kier molecular flexibility index (Phi) is 18.8. The lowest BCUT2D eigenvalue weighted by Crippen LogP contribution is -2.52. The van der Waals surface area contributed by atoms with Crippen LogP contribution in [0, 0.1) is 159 Å². The Morgan fingerprint density at radius 2 is 0.867 bits per heavy atom. The normalized spacial score (nSPS) is 22.4. The van der Waals surface area contributed by atoms with E-state index in [-0.39, 0.29) is 11.3 Å². The molecule has 7 atom stereocenters. The molecule has 4 fully saturated rings. The molecule has 0 saturated heterocycles. The van der Waals surface area contributed by atoms with Crippen molar-refractivity contribution >= 4 is 0 Å². The van der Waals surface area contributed by atoms with Crippen LogP contribution in [-0.4, -0.2) is 0 Å². The first-order chi connectivity index (χ1) is 29.5. The molecular formula is C60H36. The van der Waals surface area contributed by atoms with E-state index < -0.39 is 0 Å². The Hall–Kier alpha value is -8.62. The van der Waals surface area contributed by atoms with Gasteiger partial charge in [0.25, 0.3) is 0 Å². The molecule has 0 spiro atoms. The zero-order chi connectivity index (χ0) is 42.4. The fourth-order valence-corrected chi connectivity index (χ4v) is 9.22. The molecule has 0 aromatic heterocycles. The zero-order valence-electron chi connectivity index (χ0n) is 34.2. The van der Waals surface area contributed by atoms with Crippen molar-refractivity contribution in [1.82, 2.24) is 0 Å². The van der Waals surface area contributed by atoms with Gasteiger partial charge >= 0.3 is 0 Å². The zero-order valence-corrected chi connectivity index (χ0v) is 34.2. The molecule has 0 nitrogen and oxygen atoms in total. The standard InChI is InChI=1S/C60H36/c1-5-7-9-11-13-15-17-19-21-23-24-26-28-30-32-34-36-38-40-44-53(43-39-37-35-33-31-29-27-25-22-20-18-16-14-12-10-8-6-2)56-48-49-57-55-47-46-54-45-41-42-51-59(54,3)58(55)50-52-60(56,57)4/h54-58H,2,41-42,45-52H2,1,3-4H3. The minimum absolute atomic E-state index is 0.141. The predicted octanol–water partition coefficient (Wildman–Crippen LogP) is 9.44. The van der Waals surface area contributed by atoms with Crippen molar-refractivity contribution in [3.8, 4) is 118 Å². The molecule has 0 heterocycles. The van der Waals surface area contributed by atoms with E-state index in [2.05, 4.69) is 242 Å². The molecular weight excluding hydrogens is 721 g/mol. The first kappa shape index (κ1) is 44.1. The number of allylic oxidation sites excluding steroid dienone is 1. The van der Waals surface area contributed by atoms with Crippen molar-refractivity contribution in [2.24, 2.45) is 40.4 Å². The van der Waals surface area contributed by atoms with Crippen LogP contribution >= 0.6 is 0 Å². The van der Waals surface area contributed by atoms with Gasteiger partial charge in [0.05, 0.1) is 5.57 Å². The molecule has 4 saturated carbocycles. The van der Waals surface area contributed by atoms with Crippen LogP contribution in [0.3, 0.4) is 0 Å². The molecule has 0 amide bonds. The number of hydrogen-bond donors (Lipinski definition) is 0. The number of rotatable bonds is 1. The van der Waals surface area contributed by atoms with E-state index in [4.69, 9.17) is 0 Å². The lowest BCUT2D eigenvalue weighted by molar-refractivity contribution is -0.108. The minimum Gasteiger partial charge on any atom is -0.0925 e. The second-order valence-corrected chi connectivity index (χ2v) is 14.4. The van der Waals surface area contributed by atoms with Crippen molar-refractivity contribution in [3.63, 3.8) is 0 Å². The van der Waals surface area contributed by atoms with Gasteiger partial charge in [0.15, 0.2) is 0 Å². The van der Waals surface area contributed by atoms with Crippen molar-refractivity contribution in [2.45, 2.75) is 85.0 Å². The third kappa shape index (κ3) is 13.8. The van der Waals surface area contributed by atoms with Crippen LogP contribution in [0.1, 0.15) is 85.0 Å². The van der Waals surface area contributed by atoms with Crippen molar-refractivity contribution < 1.29 is 0 Å². The van der Waals surface area contributed by atoms with E-state index in [1.165, 1.54) is 57.8 Å². The summed E-state index contributed by atoms with van der Waals surface area (Å²) in [6, 6.07) is 0. The third-order valence-corrected chi connectivity index (χ3v) is 11.5. The van der Waals surface area contributed by atoms with E-state index >= 15 is 0 Å². The fourth-order valence-electron chi connectivity index (χ4n) is 9.22.